The number of hydrogen-bond donors (Lipinski definition) is 2. The zero-order valence-electron chi connectivity index (χ0n) is 14.3. The van der Waals surface area contributed by atoms with Crippen molar-refractivity contribution in [3.63, 3.8) is 0 Å². The first-order valence-electron chi connectivity index (χ1n) is 8.14. The molecule has 5 nitrogen and oxygen atoms in total. The van der Waals surface area contributed by atoms with Crippen molar-refractivity contribution >= 4 is 5.96 Å². The lowest BCUT2D eigenvalue weighted by molar-refractivity contribution is 0.319. The molecule has 128 valence electrons. The van der Waals surface area contributed by atoms with E-state index in [2.05, 4.69) is 27.8 Å². The second-order valence-electron chi connectivity index (χ2n) is 5.13. The molecule has 2 aromatic carbocycles. The lowest BCUT2D eigenvalue weighted by Crippen LogP contribution is -2.39. The predicted molar refractivity (Wildman–Crippen MR) is 97.7 cm³/mol. The Morgan fingerprint density at radius 1 is 1.00 bits per heavy atom. The van der Waals surface area contributed by atoms with Gasteiger partial charge in [0.1, 0.15) is 18.1 Å². The summed E-state index contributed by atoms with van der Waals surface area (Å²) in [5.41, 5.74) is 1.18. The van der Waals surface area contributed by atoms with E-state index in [1.54, 1.807) is 7.11 Å². The van der Waals surface area contributed by atoms with Crippen LogP contribution in [0.1, 0.15) is 12.5 Å². The van der Waals surface area contributed by atoms with E-state index in [4.69, 9.17) is 9.47 Å². The molecule has 0 unspecified atom stereocenters. The Bertz CT molecular complexity index is 630. The lowest BCUT2D eigenvalue weighted by atomic mass is 10.2. The van der Waals surface area contributed by atoms with E-state index < -0.39 is 0 Å². The number of nitrogens with one attached hydrogen (secondary N) is 2. The largest absolute Gasteiger partial charge is 0.497 e. The van der Waals surface area contributed by atoms with Gasteiger partial charge in [0, 0.05) is 12.6 Å². The summed E-state index contributed by atoms with van der Waals surface area (Å²) >= 11 is 0. The van der Waals surface area contributed by atoms with E-state index in [1.807, 2.05) is 49.4 Å². The van der Waals surface area contributed by atoms with Gasteiger partial charge in [-0.15, -0.1) is 0 Å². The third-order valence-corrected chi connectivity index (χ3v) is 3.31. The average molecular weight is 327 g/mol. The fourth-order valence-electron chi connectivity index (χ4n) is 2.12. The van der Waals surface area contributed by atoms with Gasteiger partial charge in [0.2, 0.25) is 0 Å². The van der Waals surface area contributed by atoms with Crippen molar-refractivity contribution in [1.82, 2.24) is 10.6 Å². The molecule has 0 saturated carbocycles. The summed E-state index contributed by atoms with van der Waals surface area (Å²) in [6.45, 7) is 4.72. The molecular formula is C19H25N3O2. The lowest BCUT2D eigenvalue weighted by Gasteiger charge is -2.12. The minimum absolute atomic E-state index is 0.545. The van der Waals surface area contributed by atoms with Crippen LogP contribution in [0.2, 0.25) is 0 Å². The quantitative estimate of drug-likeness (QED) is 0.445. The highest BCUT2D eigenvalue weighted by Gasteiger charge is 1.99. The van der Waals surface area contributed by atoms with Gasteiger partial charge in [-0.25, -0.2) is 4.99 Å². The summed E-state index contributed by atoms with van der Waals surface area (Å²) < 4.78 is 10.9. The average Bonchev–Trinajstić information content (AvgIpc) is 2.64. The maximum atomic E-state index is 5.71. The fraction of sp³-hybridized carbons (Fsp3) is 0.316. The highest BCUT2D eigenvalue weighted by atomic mass is 16.5. The molecule has 0 saturated heterocycles. The van der Waals surface area contributed by atoms with Crippen molar-refractivity contribution in [3.05, 3.63) is 60.2 Å². The van der Waals surface area contributed by atoms with E-state index in [1.165, 1.54) is 5.56 Å². The van der Waals surface area contributed by atoms with Crippen LogP contribution in [0.5, 0.6) is 11.5 Å². The zero-order valence-corrected chi connectivity index (χ0v) is 14.3. The SMILES string of the molecule is CCNC(=NCc1ccccc1)NCCOc1cccc(OC)c1. The Morgan fingerprint density at radius 3 is 2.54 bits per heavy atom. The van der Waals surface area contributed by atoms with Crippen molar-refractivity contribution in [2.45, 2.75) is 13.5 Å². The van der Waals surface area contributed by atoms with Crippen molar-refractivity contribution in [2.75, 3.05) is 26.8 Å². The smallest absolute Gasteiger partial charge is 0.191 e. The molecule has 0 atom stereocenters. The van der Waals surface area contributed by atoms with Crippen molar-refractivity contribution < 1.29 is 9.47 Å². The molecule has 0 fully saturated rings. The van der Waals surface area contributed by atoms with E-state index in [9.17, 15) is 0 Å². The Balaban J connectivity index is 1.78. The normalized spacial score (nSPS) is 11.0. The number of aliphatic imine (C=N–C) groups is 1. The topological polar surface area (TPSA) is 54.9 Å². The first-order valence-corrected chi connectivity index (χ1v) is 8.14. The Kier molecular flexibility index (Phi) is 7.47. The molecular weight excluding hydrogens is 302 g/mol. The van der Waals surface area contributed by atoms with Gasteiger partial charge in [-0.2, -0.15) is 0 Å². The Labute approximate surface area is 143 Å². The summed E-state index contributed by atoms with van der Waals surface area (Å²) in [6.07, 6.45) is 0. The van der Waals surface area contributed by atoms with Gasteiger partial charge in [0.05, 0.1) is 20.2 Å². The van der Waals surface area contributed by atoms with E-state index >= 15 is 0 Å². The molecule has 2 rings (SSSR count). The summed E-state index contributed by atoms with van der Waals surface area (Å²) in [5, 5.41) is 6.51. The molecule has 0 amide bonds. The third-order valence-electron chi connectivity index (χ3n) is 3.31. The number of hydrogen-bond acceptors (Lipinski definition) is 3. The van der Waals surface area contributed by atoms with Gasteiger partial charge in [-0.1, -0.05) is 36.4 Å². The van der Waals surface area contributed by atoms with Crippen LogP contribution in [0.15, 0.2) is 59.6 Å². The molecule has 0 aliphatic carbocycles. The number of guanidine groups is 1. The van der Waals surface area contributed by atoms with Crippen LogP contribution in [0.3, 0.4) is 0 Å². The molecule has 0 spiro atoms. The standard InChI is InChI=1S/C19H25N3O2/c1-3-20-19(22-15-16-8-5-4-6-9-16)21-12-13-24-18-11-7-10-17(14-18)23-2/h4-11,14H,3,12-13,15H2,1-2H3,(H2,20,21,22). The third kappa shape index (κ3) is 6.20. The monoisotopic (exact) mass is 327 g/mol. The van der Waals surface area contributed by atoms with Crippen LogP contribution in [0.4, 0.5) is 0 Å². The zero-order chi connectivity index (χ0) is 17.0. The molecule has 0 aromatic heterocycles. The molecule has 0 aliphatic heterocycles. The van der Waals surface area contributed by atoms with Crippen LogP contribution >= 0.6 is 0 Å². The van der Waals surface area contributed by atoms with Crippen LogP contribution in [0, 0.1) is 0 Å². The Morgan fingerprint density at radius 2 is 1.79 bits per heavy atom. The van der Waals surface area contributed by atoms with Gasteiger partial charge >= 0.3 is 0 Å². The summed E-state index contributed by atoms with van der Waals surface area (Å²) in [7, 11) is 1.65. The predicted octanol–water partition coefficient (Wildman–Crippen LogP) is 2.83. The molecule has 0 bridgehead atoms. The van der Waals surface area contributed by atoms with E-state index in [0.717, 1.165) is 24.0 Å². The summed E-state index contributed by atoms with van der Waals surface area (Å²) in [5.74, 6) is 2.37. The van der Waals surface area contributed by atoms with Crippen LogP contribution < -0.4 is 20.1 Å². The molecule has 5 heteroatoms. The molecule has 0 heterocycles. The van der Waals surface area contributed by atoms with Crippen LogP contribution in [0.25, 0.3) is 0 Å². The van der Waals surface area contributed by atoms with Crippen molar-refractivity contribution in [1.29, 1.82) is 0 Å². The maximum Gasteiger partial charge on any atom is 0.191 e. The van der Waals surface area contributed by atoms with Crippen LogP contribution in [-0.2, 0) is 6.54 Å². The summed E-state index contributed by atoms with van der Waals surface area (Å²) in [6, 6.07) is 17.8. The number of nitrogens with zero attached hydrogens (tertiary/aromatic N) is 1. The molecule has 0 radical (unpaired) electrons. The second kappa shape index (κ2) is 10.2. The highest BCUT2D eigenvalue weighted by molar-refractivity contribution is 5.79. The first-order chi connectivity index (χ1) is 11.8. The van der Waals surface area contributed by atoms with Crippen molar-refractivity contribution in [2.24, 2.45) is 4.99 Å². The fourth-order valence-corrected chi connectivity index (χ4v) is 2.12. The van der Waals surface area contributed by atoms with E-state index in [0.29, 0.717) is 19.7 Å². The minimum atomic E-state index is 0.545. The molecule has 2 N–H and O–H groups in total. The highest BCUT2D eigenvalue weighted by Crippen LogP contribution is 2.18. The van der Waals surface area contributed by atoms with E-state index in [-0.39, 0.29) is 0 Å². The first kappa shape index (κ1) is 17.7. The second-order valence-corrected chi connectivity index (χ2v) is 5.13. The number of methoxy groups -OCH3 is 1. The maximum absolute atomic E-state index is 5.71. The van der Waals surface area contributed by atoms with Gasteiger partial charge in [0.25, 0.3) is 0 Å². The Hall–Kier alpha value is -2.69. The van der Waals surface area contributed by atoms with Crippen LogP contribution in [-0.4, -0.2) is 32.8 Å². The number of ether oxygens (including phenoxy) is 2. The minimum Gasteiger partial charge on any atom is -0.497 e. The van der Waals surface area contributed by atoms with Gasteiger partial charge in [-0.05, 0) is 24.6 Å². The number of rotatable bonds is 8. The number of benzene rings is 2. The van der Waals surface area contributed by atoms with Crippen molar-refractivity contribution in [3.8, 4) is 11.5 Å². The summed E-state index contributed by atoms with van der Waals surface area (Å²) in [4.78, 5) is 4.57. The van der Waals surface area contributed by atoms with Gasteiger partial charge in [-0.3, -0.25) is 0 Å². The molecule has 0 aliphatic rings. The molecule has 2 aromatic rings. The van der Waals surface area contributed by atoms with Gasteiger partial charge in [0.15, 0.2) is 5.96 Å². The molecule has 24 heavy (non-hydrogen) atoms. The van der Waals surface area contributed by atoms with Gasteiger partial charge < -0.3 is 20.1 Å².